The van der Waals surface area contributed by atoms with Gasteiger partial charge in [-0.3, -0.25) is 0 Å². The summed E-state index contributed by atoms with van der Waals surface area (Å²) in [7, 11) is 0. The molecule has 0 spiro atoms. The molecule has 4 N–H and O–H groups in total. The Bertz CT molecular complexity index is 1220. The Balaban J connectivity index is 1.31. The molecule has 0 bridgehead atoms. The monoisotopic (exact) mass is 500 g/mol. The lowest BCUT2D eigenvalue weighted by molar-refractivity contribution is 0.375. The zero-order valence-corrected chi connectivity index (χ0v) is 22.5. The number of hydrogen-bond donors (Lipinski definition) is 2. The van der Waals surface area contributed by atoms with Crippen LogP contribution in [0.1, 0.15) is 73.6 Å². The van der Waals surface area contributed by atoms with E-state index in [1.807, 2.05) is 0 Å². The molecule has 2 nitrogen and oxygen atoms in total. The maximum absolute atomic E-state index is 6.09. The van der Waals surface area contributed by atoms with Gasteiger partial charge in [0.05, 0.1) is 0 Å². The third kappa shape index (κ3) is 3.94. The molecule has 0 aliphatic heterocycles. The Morgan fingerprint density at radius 2 is 0.632 bits per heavy atom. The second kappa shape index (κ2) is 10.5. The van der Waals surface area contributed by atoms with E-state index in [2.05, 4.69) is 97.1 Å². The van der Waals surface area contributed by atoms with Gasteiger partial charge < -0.3 is 11.5 Å². The van der Waals surface area contributed by atoms with Gasteiger partial charge in [-0.05, 0) is 96.1 Å². The van der Waals surface area contributed by atoms with Crippen molar-refractivity contribution in [3.8, 4) is 22.3 Å². The van der Waals surface area contributed by atoms with E-state index in [-0.39, 0.29) is 10.8 Å². The molecule has 2 aliphatic rings. The van der Waals surface area contributed by atoms with E-state index in [0.717, 1.165) is 51.6 Å². The highest BCUT2D eigenvalue weighted by atomic mass is 14.5. The van der Waals surface area contributed by atoms with Gasteiger partial charge in [0.1, 0.15) is 0 Å². The lowest BCUT2D eigenvalue weighted by Gasteiger charge is -2.35. The summed E-state index contributed by atoms with van der Waals surface area (Å²) in [6.07, 6.45) is 9.04. The van der Waals surface area contributed by atoms with Crippen molar-refractivity contribution < 1.29 is 0 Å². The van der Waals surface area contributed by atoms with Crippen LogP contribution >= 0.6 is 0 Å². The van der Waals surface area contributed by atoms with Crippen molar-refractivity contribution in [1.82, 2.24) is 0 Å². The Hall–Kier alpha value is -3.20. The molecule has 0 saturated carbocycles. The summed E-state index contributed by atoms with van der Waals surface area (Å²) in [4.78, 5) is 0. The normalized spacial score (nSPS) is 15.5. The summed E-state index contributed by atoms with van der Waals surface area (Å²) in [6.45, 7) is 1.48. The highest BCUT2D eigenvalue weighted by molar-refractivity contribution is 5.82. The molecule has 194 valence electrons. The highest BCUT2D eigenvalue weighted by Crippen LogP contribution is 2.56. The van der Waals surface area contributed by atoms with Gasteiger partial charge in [-0.25, -0.2) is 0 Å². The van der Waals surface area contributed by atoms with E-state index in [1.54, 1.807) is 0 Å². The van der Waals surface area contributed by atoms with Gasteiger partial charge in [0.15, 0.2) is 0 Å². The van der Waals surface area contributed by atoms with Gasteiger partial charge in [-0.15, -0.1) is 0 Å². The highest BCUT2D eigenvalue weighted by Gasteiger charge is 2.44. The molecular weight excluding hydrogens is 460 g/mol. The standard InChI is InChI=1S/C36H40N2/c37-25-11-23-35(31-17-5-1-13-27(31)28-14-2-6-18-32(28)35)21-9-10-22-36(24-12-26-38)33-19-7-3-15-29(33)30-16-4-8-20-34(30)36/h1-8,13-20H,9-12,21-26,37-38H2. The van der Waals surface area contributed by atoms with Crippen molar-refractivity contribution in [2.75, 3.05) is 13.1 Å². The van der Waals surface area contributed by atoms with Gasteiger partial charge in [0, 0.05) is 10.8 Å². The third-order valence-corrected chi connectivity index (χ3v) is 9.42. The van der Waals surface area contributed by atoms with E-state index in [0.29, 0.717) is 0 Å². The van der Waals surface area contributed by atoms with Gasteiger partial charge in [-0.2, -0.15) is 0 Å². The second-order valence-corrected chi connectivity index (χ2v) is 11.3. The summed E-state index contributed by atoms with van der Waals surface area (Å²) in [5.74, 6) is 0. The number of nitrogens with two attached hydrogens (primary N) is 2. The van der Waals surface area contributed by atoms with E-state index in [1.165, 1.54) is 57.3 Å². The fourth-order valence-corrected chi connectivity index (χ4v) is 7.82. The van der Waals surface area contributed by atoms with Crippen LogP contribution in [0.4, 0.5) is 0 Å². The van der Waals surface area contributed by atoms with Crippen molar-refractivity contribution in [3.05, 3.63) is 119 Å². The maximum atomic E-state index is 6.09. The quantitative estimate of drug-likeness (QED) is 0.205. The second-order valence-electron chi connectivity index (χ2n) is 11.3. The fourth-order valence-electron chi connectivity index (χ4n) is 7.82. The smallest absolute Gasteiger partial charge is 0.0215 e. The molecule has 4 aromatic carbocycles. The third-order valence-electron chi connectivity index (χ3n) is 9.42. The molecule has 0 saturated heterocycles. The molecular formula is C36H40N2. The molecule has 2 heteroatoms. The molecule has 0 amide bonds. The van der Waals surface area contributed by atoms with Crippen LogP contribution in [0.2, 0.25) is 0 Å². The number of fused-ring (bicyclic) bond motifs is 6. The first-order valence-corrected chi connectivity index (χ1v) is 14.5. The van der Waals surface area contributed by atoms with E-state index < -0.39 is 0 Å². The van der Waals surface area contributed by atoms with Crippen LogP contribution in [-0.2, 0) is 10.8 Å². The predicted octanol–water partition coefficient (Wildman–Crippen LogP) is 7.96. The van der Waals surface area contributed by atoms with Crippen LogP contribution < -0.4 is 11.5 Å². The summed E-state index contributed by atoms with van der Waals surface area (Å²) in [5, 5.41) is 0. The number of rotatable bonds is 11. The molecule has 0 atom stereocenters. The summed E-state index contributed by atoms with van der Waals surface area (Å²) in [5.41, 5.74) is 24.0. The van der Waals surface area contributed by atoms with E-state index >= 15 is 0 Å². The Morgan fingerprint density at radius 3 is 0.921 bits per heavy atom. The first-order chi connectivity index (χ1) is 18.7. The predicted molar refractivity (Wildman–Crippen MR) is 160 cm³/mol. The van der Waals surface area contributed by atoms with E-state index in [4.69, 9.17) is 11.5 Å². The number of benzene rings is 4. The van der Waals surface area contributed by atoms with E-state index in [9.17, 15) is 0 Å². The number of unbranched alkanes of at least 4 members (excludes halogenated alkanes) is 1. The van der Waals surface area contributed by atoms with Gasteiger partial charge in [0.2, 0.25) is 0 Å². The molecule has 0 fully saturated rings. The van der Waals surface area contributed by atoms with Crippen molar-refractivity contribution in [2.45, 2.75) is 62.2 Å². The Labute approximate surface area is 228 Å². The zero-order valence-electron chi connectivity index (χ0n) is 22.5. The van der Waals surface area contributed by atoms with Crippen molar-refractivity contribution in [2.24, 2.45) is 11.5 Å². The molecule has 0 aromatic heterocycles. The minimum absolute atomic E-state index is 0.0580. The molecule has 0 unspecified atom stereocenters. The largest absolute Gasteiger partial charge is 0.330 e. The lowest BCUT2D eigenvalue weighted by Crippen LogP contribution is -2.28. The summed E-state index contributed by atoms with van der Waals surface area (Å²) >= 11 is 0. The Kier molecular flexibility index (Phi) is 6.95. The van der Waals surface area contributed by atoms with Gasteiger partial charge >= 0.3 is 0 Å². The van der Waals surface area contributed by atoms with Crippen molar-refractivity contribution in [1.29, 1.82) is 0 Å². The maximum Gasteiger partial charge on any atom is 0.0215 e. The average Bonchev–Trinajstić information content (AvgIpc) is 3.42. The minimum Gasteiger partial charge on any atom is -0.330 e. The first-order valence-electron chi connectivity index (χ1n) is 14.5. The van der Waals surface area contributed by atoms with Crippen LogP contribution in [0.15, 0.2) is 97.1 Å². The average molecular weight is 501 g/mol. The molecule has 0 radical (unpaired) electrons. The van der Waals surface area contributed by atoms with Crippen molar-refractivity contribution >= 4 is 0 Å². The van der Waals surface area contributed by atoms with Crippen LogP contribution in [0, 0.1) is 0 Å². The summed E-state index contributed by atoms with van der Waals surface area (Å²) < 4.78 is 0. The van der Waals surface area contributed by atoms with Crippen LogP contribution in [0.3, 0.4) is 0 Å². The van der Waals surface area contributed by atoms with Crippen molar-refractivity contribution in [3.63, 3.8) is 0 Å². The van der Waals surface area contributed by atoms with Crippen LogP contribution in [0.5, 0.6) is 0 Å². The molecule has 0 heterocycles. The number of hydrogen-bond acceptors (Lipinski definition) is 2. The van der Waals surface area contributed by atoms with Gasteiger partial charge in [-0.1, -0.05) is 110 Å². The molecule has 38 heavy (non-hydrogen) atoms. The molecule has 4 aromatic rings. The van der Waals surface area contributed by atoms with Gasteiger partial charge in [0.25, 0.3) is 0 Å². The fraction of sp³-hybridized carbons (Fsp3) is 0.333. The van der Waals surface area contributed by atoms with Crippen LogP contribution in [0.25, 0.3) is 22.3 Å². The molecule has 2 aliphatic carbocycles. The zero-order chi connectivity index (χ0) is 26.0. The lowest BCUT2D eigenvalue weighted by atomic mass is 9.68. The summed E-state index contributed by atoms with van der Waals surface area (Å²) in [6, 6.07) is 36.4. The first kappa shape index (κ1) is 25.1. The molecule has 6 rings (SSSR count). The minimum atomic E-state index is 0.0580. The topological polar surface area (TPSA) is 52.0 Å². The SMILES string of the molecule is NCCCC1(CCCCC2(CCCN)c3ccccc3-c3ccccc32)c2ccccc2-c2ccccc21. The Morgan fingerprint density at radius 1 is 0.368 bits per heavy atom. The van der Waals surface area contributed by atoms with Crippen LogP contribution in [-0.4, -0.2) is 13.1 Å².